The van der Waals surface area contributed by atoms with E-state index in [4.69, 9.17) is 0 Å². The van der Waals surface area contributed by atoms with Gasteiger partial charge in [-0.3, -0.25) is 23.8 Å². The quantitative estimate of drug-likeness (QED) is 0.655. The summed E-state index contributed by atoms with van der Waals surface area (Å²) in [6.45, 7) is 3.38. The Balaban J connectivity index is 1.67. The number of anilines is 1. The third-order valence-corrected chi connectivity index (χ3v) is 4.75. The third kappa shape index (κ3) is 2.92. The predicted molar refractivity (Wildman–Crippen MR) is 100 cm³/mol. The van der Waals surface area contributed by atoms with Gasteiger partial charge in [0.2, 0.25) is 0 Å². The molecule has 7 nitrogen and oxygen atoms in total. The van der Waals surface area contributed by atoms with E-state index in [1.165, 1.54) is 39.6 Å². The van der Waals surface area contributed by atoms with Crippen LogP contribution in [0, 0.1) is 12.7 Å². The molecule has 3 amide bonds. The summed E-state index contributed by atoms with van der Waals surface area (Å²) in [6, 6.07) is 8.96. The van der Waals surface area contributed by atoms with Gasteiger partial charge in [0.25, 0.3) is 11.5 Å². The number of amides is 3. The number of benzene rings is 1. The molecule has 4 rings (SSSR count). The lowest BCUT2D eigenvalue weighted by Gasteiger charge is -2.19. The number of imide groups is 1. The van der Waals surface area contributed by atoms with Gasteiger partial charge in [-0.2, -0.15) is 0 Å². The van der Waals surface area contributed by atoms with Gasteiger partial charge in [0.05, 0.1) is 12.2 Å². The molecule has 3 aromatic rings. The molecule has 1 saturated heterocycles. The Bertz CT molecular complexity index is 1160. The first-order chi connectivity index (χ1) is 13.3. The molecular formula is C20H17FN4O3. The van der Waals surface area contributed by atoms with Crippen LogP contribution in [0.25, 0.3) is 5.65 Å². The summed E-state index contributed by atoms with van der Waals surface area (Å²) in [5, 5.41) is 0. The number of nitrogens with zero attached hydrogens (tertiary/aromatic N) is 4. The van der Waals surface area contributed by atoms with Crippen molar-refractivity contribution >= 4 is 23.3 Å². The number of hydrogen-bond donors (Lipinski definition) is 0. The average molecular weight is 380 g/mol. The number of rotatable bonds is 3. The first kappa shape index (κ1) is 17.8. The number of fused-ring (bicyclic) bond motifs is 1. The molecule has 142 valence electrons. The van der Waals surface area contributed by atoms with Crippen LogP contribution in [-0.4, -0.2) is 32.3 Å². The summed E-state index contributed by atoms with van der Waals surface area (Å²) in [7, 11) is 0. The normalized spacial score (nSPS) is 17.0. The maximum absolute atomic E-state index is 13.2. The van der Waals surface area contributed by atoms with Gasteiger partial charge >= 0.3 is 6.03 Å². The maximum atomic E-state index is 13.2. The molecule has 8 heteroatoms. The van der Waals surface area contributed by atoms with E-state index in [9.17, 15) is 18.8 Å². The van der Waals surface area contributed by atoms with Crippen LogP contribution in [0.2, 0.25) is 0 Å². The van der Waals surface area contributed by atoms with Crippen LogP contribution in [0.1, 0.15) is 18.2 Å². The van der Waals surface area contributed by atoms with Crippen LogP contribution >= 0.6 is 0 Å². The molecule has 0 spiro atoms. The standard InChI is InChI=1S/C20H17FN4O3/c1-12-7-8-23-17(9-12)22-15(10-18(23)26)11-24-19(27)13(2)25(20(24)28)16-5-3-14(21)4-6-16/h3-10,13H,11H2,1-2H3. The minimum Gasteiger partial charge on any atom is -0.282 e. The zero-order valence-corrected chi connectivity index (χ0v) is 15.3. The first-order valence-corrected chi connectivity index (χ1v) is 8.74. The van der Waals surface area contributed by atoms with Gasteiger partial charge in [-0.25, -0.2) is 14.2 Å². The first-order valence-electron chi connectivity index (χ1n) is 8.74. The number of hydrogen-bond acceptors (Lipinski definition) is 4. The van der Waals surface area contributed by atoms with Crippen molar-refractivity contribution in [3.8, 4) is 0 Å². The van der Waals surface area contributed by atoms with E-state index in [1.807, 2.05) is 6.92 Å². The number of carbonyl (C=O) groups excluding carboxylic acids is 2. The zero-order chi connectivity index (χ0) is 20.0. The second-order valence-electron chi connectivity index (χ2n) is 6.75. The summed E-state index contributed by atoms with van der Waals surface area (Å²) in [6.07, 6.45) is 1.63. The minimum atomic E-state index is -0.734. The monoisotopic (exact) mass is 380 g/mol. The lowest BCUT2D eigenvalue weighted by atomic mass is 10.2. The Labute approximate surface area is 159 Å². The topological polar surface area (TPSA) is 75.0 Å². The van der Waals surface area contributed by atoms with Gasteiger partial charge in [0, 0.05) is 18.0 Å². The molecule has 1 aliphatic heterocycles. The Hall–Kier alpha value is -3.55. The zero-order valence-electron chi connectivity index (χ0n) is 15.3. The minimum absolute atomic E-state index is 0.112. The SMILES string of the molecule is Cc1ccn2c(=O)cc(CN3C(=O)C(C)N(c4ccc(F)cc4)C3=O)nc2c1. The van der Waals surface area contributed by atoms with E-state index in [1.54, 1.807) is 25.3 Å². The highest BCUT2D eigenvalue weighted by Gasteiger charge is 2.43. The van der Waals surface area contributed by atoms with Crippen molar-refractivity contribution in [1.29, 1.82) is 0 Å². The fourth-order valence-corrected chi connectivity index (χ4v) is 3.30. The molecule has 2 aromatic heterocycles. The van der Waals surface area contributed by atoms with Crippen molar-refractivity contribution in [2.75, 3.05) is 4.90 Å². The van der Waals surface area contributed by atoms with Gasteiger partial charge < -0.3 is 0 Å². The summed E-state index contributed by atoms with van der Waals surface area (Å²) in [4.78, 5) is 44.6. The van der Waals surface area contributed by atoms with Crippen LogP contribution in [0.4, 0.5) is 14.9 Å². The van der Waals surface area contributed by atoms with Crippen molar-refractivity contribution in [3.63, 3.8) is 0 Å². The van der Waals surface area contributed by atoms with Gasteiger partial charge in [0.15, 0.2) is 0 Å². The Kier molecular flexibility index (Phi) is 4.18. The third-order valence-electron chi connectivity index (χ3n) is 4.75. The van der Waals surface area contributed by atoms with Gasteiger partial charge in [-0.05, 0) is 55.8 Å². The molecule has 0 aliphatic carbocycles. The van der Waals surface area contributed by atoms with E-state index in [0.717, 1.165) is 10.5 Å². The van der Waals surface area contributed by atoms with Crippen LogP contribution in [0.15, 0.2) is 53.5 Å². The van der Waals surface area contributed by atoms with Crippen molar-refractivity contribution < 1.29 is 14.0 Å². The highest BCUT2D eigenvalue weighted by Crippen LogP contribution is 2.26. The van der Waals surface area contributed by atoms with Crippen molar-refractivity contribution in [3.05, 3.63) is 76.1 Å². The van der Waals surface area contributed by atoms with E-state index in [-0.39, 0.29) is 12.1 Å². The molecule has 0 bridgehead atoms. The lowest BCUT2D eigenvalue weighted by Crippen LogP contribution is -2.34. The molecule has 1 aromatic carbocycles. The molecule has 1 fully saturated rings. The van der Waals surface area contributed by atoms with Crippen molar-refractivity contribution in [2.45, 2.75) is 26.4 Å². The number of pyridine rings is 1. The second-order valence-corrected chi connectivity index (χ2v) is 6.75. The number of aryl methyl sites for hydroxylation is 1. The molecular weight excluding hydrogens is 363 g/mol. The largest absolute Gasteiger partial charge is 0.332 e. The molecule has 28 heavy (non-hydrogen) atoms. The van der Waals surface area contributed by atoms with E-state index in [2.05, 4.69) is 4.98 Å². The second kappa shape index (κ2) is 6.56. The van der Waals surface area contributed by atoms with Crippen LogP contribution < -0.4 is 10.5 Å². The number of halogens is 1. The Morgan fingerprint density at radius 1 is 1.07 bits per heavy atom. The fraction of sp³-hybridized carbons (Fsp3) is 0.200. The molecule has 0 N–H and O–H groups in total. The summed E-state index contributed by atoms with van der Waals surface area (Å²) in [5.74, 6) is -0.831. The summed E-state index contributed by atoms with van der Waals surface area (Å²) < 4.78 is 14.6. The number of urea groups is 1. The van der Waals surface area contributed by atoms with Crippen LogP contribution in [0.5, 0.6) is 0 Å². The van der Waals surface area contributed by atoms with Crippen LogP contribution in [-0.2, 0) is 11.3 Å². The smallest absolute Gasteiger partial charge is 0.282 e. The van der Waals surface area contributed by atoms with Crippen molar-refractivity contribution in [1.82, 2.24) is 14.3 Å². The number of carbonyl (C=O) groups is 2. The summed E-state index contributed by atoms with van der Waals surface area (Å²) >= 11 is 0. The molecule has 0 radical (unpaired) electrons. The van der Waals surface area contributed by atoms with Gasteiger partial charge in [0.1, 0.15) is 17.5 Å². The highest BCUT2D eigenvalue weighted by molar-refractivity contribution is 6.13. The molecule has 0 saturated carbocycles. The summed E-state index contributed by atoms with van der Waals surface area (Å²) in [5.41, 5.74) is 1.85. The fourth-order valence-electron chi connectivity index (χ4n) is 3.30. The molecule has 3 heterocycles. The van der Waals surface area contributed by atoms with Gasteiger partial charge in [-0.1, -0.05) is 0 Å². The number of aromatic nitrogens is 2. The molecule has 1 unspecified atom stereocenters. The maximum Gasteiger partial charge on any atom is 0.332 e. The van der Waals surface area contributed by atoms with E-state index >= 15 is 0 Å². The predicted octanol–water partition coefficient (Wildman–Crippen LogP) is 2.50. The van der Waals surface area contributed by atoms with E-state index in [0.29, 0.717) is 17.0 Å². The van der Waals surface area contributed by atoms with E-state index < -0.39 is 23.8 Å². The van der Waals surface area contributed by atoms with Gasteiger partial charge in [-0.15, -0.1) is 0 Å². The molecule has 1 atom stereocenters. The molecule has 1 aliphatic rings. The van der Waals surface area contributed by atoms with Crippen molar-refractivity contribution in [2.24, 2.45) is 0 Å². The lowest BCUT2D eigenvalue weighted by molar-refractivity contribution is -0.127. The highest BCUT2D eigenvalue weighted by atomic mass is 19.1. The Morgan fingerprint density at radius 2 is 1.79 bits per heavy atom. The average Bonchev–Trinajstić information content (AvgIpc) is 2.86. The Morgan fingerprint density at radius 3 is 2.50 bits per heavy atom. The van der Waals surface area contributed by atoms with Crippen LogP contribution in [0.3, 0.4) is 0 Å².